The van der Waals surface area contributed by atoms with Gasteiger partial charge in [-0.05, 0) is 61.8 Å². The van der Waals surface area contributed by atoms with Crippen molar-refractivity contribution in [2.24, 2.45) is 0 Å². The average Bonchev–Trinajstić information content (AvgIpc) is 3.63. The van der Waals surface area contributed by atoms with Gasteiger partial charge in [0, 0.05) is 27.3 Å². The van der Waals surface area contributed by atoms with E-state index in [1.54, 1.807) is 11.3 Å². The van der Waals surface area contributed by atoms with Gasteiger partial charge >= 0.3 is 0 Å². The van der Waals surface area contributed by atoms with Crippen LogP contribution >= 0.6 is 22.7 Å². The summed E-state index contributed by atoms with van der Waals surface area (Å²) in [4.78, 5) is 29.8. The Labute approximate surface area is 217 Å². The van der Waals surface area contributed by atoms with Crippen LogP contribution in [0.5, 0.6) is 0 Å². The molecular weight excluding hydrogens is 480 g/mol. The summed E-state index contributed by atoms with van der Waals surface area (Å²) >= 11 is 3.18. The van der Waals surface area contributed by atoms with Gasteiger partial charge in [0.25, 0.3) is 0 Å². The Kier molecular flexibility index (Phi) is 4.98. The van der Waals surface area contributed by atoms with Gasteiger partial charge in [-0.2, -0.15) is 0 Å². The zero-order valence-electron chi connectivity index (χ0n) is 19.2. The van der Waals surface area contributed by atoms with Crippen molar-refractivity contribution in [3.05, 3.63) is 118 Å². The Bertz CT molecular complexity index is 1690. The Morgan fingerprint density at radius 1 is 0.583 bits per heavy atom. The first-order valence-corrected chi connectivity index (χ1v) is 13.7. The molecule has 0 spiro atoms. The van der Waals surface area contributed by atoms with E-state index in [1.165, 1.54) is 16.2 Å². The topological polar surface area (TPSA) is 34.1 Å². The van der Waals surface area contributed by atoms with Crippen molar-refractivity contribution in [2.75, 3.05) is 0 Å². The molecule has 2 nitrogen and oxygen atoms in total. The number of hydrogen-bond donors (Lipinski definition) is 0. The van der Waals surface area contributed by atoms with Crippen LogP contribution in [0.4, 0.5) is 0 Å². The van der Waals surface area contributed by atoms with Crippen LogP contribution in [0.3, 0.4) is 0 Å². The van der Waals surface area contributed by atoms with Crippen molar-refractivity contribution < 1.29 is 9.59 Å². The average molecular weight is 501 g/mol. The van der Waals surface area contributed by atoms with E-state index in [9.17, 15) is 9.59 Å². The predicted octanol–water partition coefficient (Wildman–Crippen LogP) is 8.36. The summed E-state index contributed by atoms with van der Waals surface area (Å²) in [6, 6.07) is 30.9. The first-order valence-electron chi connectivity index (χ1n) is 11.9. The molecule has 0 saturated heterocycles. The van der Waals surface area contributed by atoms with Crippen LogP contribution in [0.2, 0.25) is 0 Å². The van der Waals surface area contributed by atoms with E-state index in [-0.39, 0.29) is 18.0 Å². The summed E-state index contributed by atoms with van der Waals surface area (Å²) < 4.78 is 0. The molecule has 2 aliphatic carbocycles. The van der Waals surface area contributed by atoms with Gasteiger partial charge < -0.3 is 0 Å². The molecule has 0 bridgehead atoms. The molecule has 172 valence electrons. The van der Waals surface area contributed by atoms with Crippen LogP contribution in [-0.4, -0.2) is 11.6 Å². The van der Waals surface area contributed by atoms with Crippen LogP contribution in [0, 0.1) is 0 Å². The lowest BCUT2D eigenvalue weighted by molar-refractivity contribution is -0.126. The maximum absolute atomic E-state index is 14.3. The normalized spacial score (nSPS) is 16.5. The molecule has 0 radical (unpaired) electrons. The largest absolute Gasteiger partial charge is 0.298 e. The lowest BCUT2D eigenvalue weighted by Crippen LogP contribution is -2.28. The van der Waals surface area contributed by atoms with E-state index >= 15 is 0 Å². The SMILES string of the molecule is O=C1CC2=C(C(=O)C1c1cccs1)c1ccccc1-c1ccccc1-c1c2cccc1-c1cccs1. The van der Waals surface area contributed by atoms with Crippen LogP contribution in [-0.2, 0) is 9.59 Å². The fourth-order valence-electron chi connectivity index (χ4n) is 5.68. The lowest BCUT2D eigenvalue weighted by Gasteiger charge is -2.30. The second kappa shape index (κ2) is 8.37. The molecule has 1 unspecified atom stereocenters. The number of allylic oxidation sites excluding steroid dienone is 2. The minimum absolute atomic E-state index is 0.0278. The molecule has 3 aromatic carbocycles. The van der Waals surface area contributed by atoms with Gasteiger partial charge in [0.2, 0.25) is 0 Å². The number of fused-ring (bicyclic) bond motifs is 7. The third kappa shape index (κ3) is 3.15. The summed E-state index contributed by atoms with van der Waals surface area (Å²) in [5, 5.41) is 4.02. The van der Waals surface area contributed by atoms with E-state index in [0.717, 1.165) is 49.4 Å². The fourth-order valence-corrected chi connectivity index (χ4v) is 7.28. The highest BCUT2D eigenvalue weighted by Gasteiger charge is 2.41. The Hall–Kier alpha value is -3.86. The fraction of sp³-hybridized carbons (Fsp3) is 0.0625. The standard InChI is InChI=1S/C32H20O2S2/c33-26-18-25-23-12-5-13-24(27-14-6-16-35-27)29(23)21-10-3-1-8-19(21)20-9-2-4-11-22(20)30(25)32(34)31(26)28-15-7-17-36-28/h1-17,31H,18H2. The molecule has 5 aromatic rings. The molecule has 4 heteroatoms. The number of ketones is 2. The second-order valence-corrected chi connectivity index (χ2v) is 11.0. The summed E-state index contributed by atoms with van der Waals surface area (Å²) in [6.07, 6.45) is 0.237. The highest BCUT2D eigenvalue weighted by atomic mass is 32.1. The van der Waals surface area contributed by atoms with Gasteiger partial charge in [0.1, 0.15) is 5.92 Å². The Morgan fingerprint density at radius 2 is 1.22 bits per heavy atom. The number of thiophene rings is 2. The van der Waals surface area contributed by atoms with Crippen LogP contribution in [0.1, 0.15) is 28.3 Å². The van der Waals surface area contributed by atoms with Crippen LogP contribution in [0.25, 0.3) is 43.8 Å². The zero-order chi connectivity index (χ0) is 24.2. The van der Waals surface area contributed by atoms with Crippen molar-refractivity contribution in [1.29, 1.82) is 0 Å². The summed E-state index contributed by atoms with van der Waals surface area (Å²) in [5.74, 6) is -0.863. The molecule has 2 heterocycles. The van der Waals surface area contributed by atoms with E-state index in [2.05, 4.69) is 66.0 Å². The zero-order valence-corrected chi connectivity index (χ0v) is 20.9. The highest BCUT2D eigenvalue weighted by Crippen LogP contribution is 2.51. The first-order chi connectivity index (χ1) is 17.7. The van der Waals surface area contributed by atoms with Gasteiger partial charge in [-0.3, -0.25) is 9.59 Å². The molecule has 0 aliphatic heterocycles. The van der Waals surface area contributed by atoms with Gasteiger partial charge in [0.05, 0.1) is 0 Å². The molecule has 0 fully saturated rings. The van der Waals surface area contributed by atoms with Gasteiger partial charge in [-0.25, -0.2) is 0 Å². The van der Waals surface area contributed by atoms with Crippen LogP contribution in [0.15, 0.2) is 102 Å². The molecule has 2 aliphatic rings. The maximum Gasteiger partial charge on any atom is 0.179 e. The number of carbonyl (C=O) groups is 2. The summed E-state index contributed by atoms with van der Waals surface area (Å²) in [7, 11) is 0. The van der Waals surface area contributed by atoms with Crippen molar-refractivity contribution in [3.8, 4) is 32.7 Å². The van der Waals surface area contributed by atoms with E-state index in [0.29, 0.717) is 5.57 Å². The molecule has 0 saturated carbocycles. The molecule has 0 N–H and O–H groups in total. The molecule has 7 rings (SSSR count). The minimum atomic E-state index is -0.740. The van der Waals surface area contributed by atoms with E-state index in [1.807, 2.05) is 35.7 Å². The Balaban J connectivity index is 1.62. The summed E-state index contributed by atoms with van der Waals surface area (Å²) in [5.41, 5.74) is 8.87. The minimum Gasteiger partial charge on any atom is -0.298 e. The van der Waals surface area contributed by atoms with Crippen molar-refractivity contribution in [1.82, 2.24) is 0 Å². The number of hydrogen-bond acceptors (Lipinski definition) is 4. The molecule has 36 heavy (non-hydrogen) atoms. The monoisotopic (exact) mass is 500 g/mol. The molecule has 2 aromatic heterocycles. The maximum atomic E-state index is 14.3. The molecule has 1 atom stereocenters. The predicted molar refractivity (Wildman–Crippen MR) is 149 cm³/mol. The Morgan fingerprint density at radius 3 is 1.94 bits per heavy atom. The van der Waals surface area contributed by atoms with Gasteiger partial charge in [0.15, 0.2) is 11.6 Å². The van der Waals surface area contributed by atoms with Crippen molar-refractivity contribution in [2.45, 2.75) is 12.3 Å². The van der Waals surface area contributed by atoms with Crippen molar-refractivity contribution in [3.63, 3.8) is 0 Å². The number of benzene rings is 3. The van der Waals surface area contributed by atoms with Gasteiger partial charge in [-0.15, -0.1) is 22.7 Å². The van der Waals surface area contributed by atoms with Gasteiger partial charge in [-0.1, -0.05) is 78.9 Å². The smallest absolute Gasteiger partial charge is 0.179 e. The van der Waals surface area contributed by atoms with E-state index < -0.39 is 5.92 Å². The second-order valence-electron chi connectivity index (χ2n) is 9.11. The third-order valence-electron chi connectivity index (χ3n) is 7.17. The molecule has 0 amide bonds. The third-order valence-corrected chi connectivity index (χ3v) is 9.01. The number of carbonyl (C=O) groups excluding carboxylic acids is 2. The quantitative estimate of drug-likeness (QED) is 0.228. The number of rotatable bonds is 2. The van der Waals surface area contributed by atoms with Crippen LogP contribution < -0.4 is 0 Å². The highest BCUT2D eigenvalue weighted by molar-refractivity contribution is 7.13. The lowest BCUT2D eigenvalue weighted by atomic mass is 9.71. The molecular formula is C32H20O2S2. The number of Topliss-reactive ketones (excluding diaryl/α,β-unsaturated/α-hetero) is 2. The summed E-state index contributed by atoms with van der Waals surface area (Å²) in [6.45, 7) is 0. The van der Waals surface area contributed by atoms with E-state index in [4.69, 9.17) is 0 Å². The van der Waals surface area contributed by atoms with Crippen molar-refractivity contribution >= 4 is 45.4 Å². The first kappa shape index (κ1) is 21.4.